The lowest BCUT2D eigenvalue weighted by molar-refractivity contribution is -0.111. The highest BCUT2D eigenvalue weighted by molar-refractivity contribution is 7.89. The van der Waals surface area contributed by atoms with Crippen LogP contribution in [0.25, 0.3) is 11.6 Å². The van der Waals surface area contributed by atoms with Crippen molar-refractivity contribution in [2.24, 2.45) is 5.14 Å². The topological polar surface area (TPSA) is 89.3 Å². The fraction of sp³-hybridized carbons (Fsp3) is 0. The van der Waals surface area contributed by atoms with Crippen molar-refractivity contribution in [3.63, 3.8) is 0 Å². The number of rotatable bonds is 5. The van der Waals surface area contributed by atoms with E-state index in [4.69, 9.17) is 5.14 Å². The van der Waals surface area contributed by atoms with Gasteiger partial charge in [-0.05, 0) is 53.4 Å². The Balaban J connectivity index is 1.94. The van der Waals surface area contributed by atoms with Gasteiger partial charge < -0.3 is 5.32 Å². The van der Waals surface area contributed by atoms with Crippen LogP contribution in [0.3, 0.4) is 0 Å². The number of carbonyl (C=O) groups excluding carboxylic acids is 1. The molecule has 5 nitrogen and oxygen atoms in total. The van der Waals surface area contributed by atoms with E-state index in [1.165, 1.54) is 41.7 Å². The molecule has 0 atom stereocenters. The molecule has 27 heavy (non-hydrogen) atoms. The van der Waals surface area contributed by atoms with Crippen LogP contribution in [0.15, 0.2) is 70.9 Å². The number of hydrogen-bond donors (Lipinski definition) is 2. The Kier molecular flexibility index (Phi) is 5.50. The number of anilines is 1. The number of nitrogens with two attached hydrogens (primary N) is 1. The Labute approximate surface area is 160 Å². The third-order valence-corrected chi connectivity index (χ3v) is 5.45. The van der Waals surface area contributed by atoms with Crippen LogP contribution in [0.4, 0.5) is 10.1 Å². The summed E-state index contributed by atoms with van der Waals surface area (Å²) in [6, 6.07) is 15.1. The summed E-state index contributed by atoms with van der Waals surface area (Å²) in [7, 11) is -3.88. The number of benzene rings is 2. The molecule has 138 valence electrons. The number of hydrogen-bond acceptors (Lipinski definition) is 4. The molecule has 3 N–H and O–H groups in total. The Hall–Kier alpha value is -2.81. The van der Waals surface area contributed by atoms with Gasteiger partial charge in [-0.3, -0.25) is 4.79 Å². The average Bonchev–Trinajstić information content (AvgIpc) is 3.15. The van der Waals surface area contributed by atoms with Gasteiger partial charge in [0, 0.05) is 10.6 Å². The highest BCUT2D eigenvalue weighted by atomic mass is 32.2. The van der Waals surface area contributed by atoms with Crippen LogP contribution in [-0.4, -0.2) is 14.3 Å². The molecular formula is C19H15FN2O3S2. The molecule has 0 saturated carbocycles. The molecule has 0 bridgehead atoms. The van der Waals surface area contributed by atoms with Crippen molar-refractivity contribution in [2.45, 2.75) is 4.90 Å². The lowest BCUT2D eigenvalue weighted by Crippen LogP contribution is -2.15. The minimum atomic E-state index is -3.88. The minimum absolute atomic E-state index is 0.0968. The first-order valence-corrected chi connectivity index (χ1v) is 10.2. The van der Waals surface area contributed by atoms with Gasteiger partial charge in [0.05, 0.1) is 10.5 Å². The number of sulfonamides is 1. The van der Waals surface area contributed by atoms with E-state index in [0.29, 0.717) is 16.8 Å². The molecule has 2 aromatic carbocycles. The maximum Gasteiger partial charge on any atom is 0.257 e. The smallest absolute Gasteiger partial charge is 0.257 e. The van der Waals surface area contributed by atoms with Gasteiger partial charge in [0.1, 0.15) is 5.82 Å². The van der Waals surface area contributed by atoms with Crippen LogP contribution in [0.5, 0.6) is 0 Å². The molecule has 8 heteroatoms. The zero-order chi connectivity index (χ0) is 19.4. The van der Waals surface area contributed by atoms with Gasteiger partial charge in [0.15, 0.2) is 0 Å². The molecule has 0 aliphatic carbocycles. The largest absolute Gasteiger partial charge is 0.322 e. The molecule has 0 radical (unpaired) electrons. The summed E-state index contributed by atoms with van der Waals surface area (Å²) in [6.45, 7) is 0. The van der Waals surface area contributed by atoms with Crippen molar-refractivity contribution >= 4 is 44.6 Å². The average molecular weight is 402 g/mol. The minimum Gasteiger partial charge on any atom is -0.322 e. The van der Waals surface area contributed by atoms with E-state index in [1.54, 1.807) is 30.3 Å². The first-order valence-electron chi connectivity index (χ1n) is 7.78. The van der Waals surface area contributed by atoms with E-state index in [1.807, 2.05) is 11.4 Å². The molecule has 0 aliphatic rings. The number of halogens is 1. The molecular weight excluding hydrogens is 387 g/mol. The number of nitrogens with one attached hydrogen (secondary N) is 1. The second kappa shape index (κ2) is 7.83. The van der Waals surface area contributed by atoms with Crippen molar-refractivity contribution in [3.8, 4) is 0 Å². The molecule has 0 unspecified atom stereocenters. The lowest BCUT2D eigenvalue weighted by Gasteiger charge is -2.09. The van der Waals surface area contributed by atoms with E-state index in [9.17, 15) is 17.6 Å². The summed E-state index contributed by atoms with van der Waals surface area (Å²) in [6.07, 6.45) is 1.64. The maximum atomic E-state index is 13.1. The van der Waals surface area contributed by atoms with E-state index in [-0.39, 0.29) is 10.7 Å². The summed E-state index contributed by atoms with van der Waals surface area (Å²) >= 11 is 1.38. The summed E-state index contributed by atoms with van der Waals surface area (Å²) < 4.78 is 36.1. The van der Waals surface area contributed by atoms with Crippen molar-refractivity contribution in [3.05, 3.63) is 82.3 Å². The fourth-order valence-corrected chi connectivity index (χ4v) is 3.65. The highest BCUT2D eigenvalue weighted by Gasteiger charge is 2.15. The fourth-order valence-electron chi connectivity index (χ4n) is 2.36. The van der Waals surface area contributed by atoms with E-state index >= 15 is 0 Å². The predicted octanol–water partition coefficient (Wildman–Crippen LogP) is 3.71. The monoisotopic (exact) mass is 402 g/mol. The van der Waals surface area contributed by atoms with Crippen molar-refractivity contribution in [1.29, 1.82) is 0 Å². The van der Waals surface area contributed by atoms with Gasteiger partial charge in [-0.1, -0.05) is 24.3 Å². The van der Waals surface area contributed by atoms with Gasteiger partial charge in [0.2, 0.25) is 10.0 Å². The Morgan fingerprint density at radius 1 is 1.07 bits per heavy atom. The Morgan fingerprint density at radius 2 is 1.81 bits per heavy atom. The number of thiophene rings is 1. The number of carbonyl (C=O) groups is 1. The van der Waals surface area contributed by atoms with Crippen LogP contribution in [0.2, 0.25) is 0 Å². The molecule has 3 aromatic rings. The summed E-state index contributed by atoms with van der Waals surface area (Å²) in [5, 5.41) is 9.64. The molecule has 1 aromatic heterocycles. The van der Waals surface area contributed by atoms with Crippen LogP contribution in [0, 0.1) is 5.82 Å². The van der Waals surface area contributed by atoms with Crippen molar-refractivity contribution in [2.75, 3.05) is 5.32 Å². The molecule has 3 rings (SSSR count). The van der Waals surface area contributed by atoms with Gasteiger partial charge >= 0.3 is 0 Å². The predicted molar refractivity (Wildman–Crippen MR) is 105 cm³/mol. The molecule has 0 fully saturated rings. The van der Waals surface area contributed by atoms with Crippen LogP contribution >= 0.6 is 11.3 Å². The van der Waals surface area contributed by atoms with E-state index < -0.39 is 15.9 Å². The summed E-state index contributed by atoms with van der Waals surface area (Å²) in [5.41, 5.74) is 1.33. The van der Waals surface area contributed by atoms with Gasteiger partial charge in [-0.15, -0.1) is 11.3 Å². The first-order chi connectivity index (χ1) is 12.8. The van der Waals surface area contributed by atoms with E-state index in [0.717, 1.165) is 4.88 Å². The van der Waals surface area contributed by atoms with Crippen LogP contribution in [-0.2, 0) is 14.8 Å². The number of primary sulfonamides is 1. The third kappa shape index (κ3) is 4.88. The standard InChI is InChI=1S/C19H15FN2O3S2/c20-14-8-6-13(7-9-14)11-17(18-5-2-10-26-18)19(23)22-15-3-1-4-16(12-15)27(21,24)25/h1-12H,(H,22,23)(H2,21,24,25). The zero-order valence-electron chi connectivity index (χ0n) is 13.9. The van der Waals surface area contributed by atoms with Crippen LogP contribution in [0.1, 0.15) is 10.4 Å². The second-order valence-corrected chi connectivity index (χ2v) is 8.12. The molecule has 0 saturated heterocycles. The van der Waals surface area contributed by atoms with Crippen LogP contribution < -0.4 is 10.5 Å². The van der Waals surface area contributed by atoms with Gasteiger partial charge in [0.25, 0.3) is 5.91 Å². The highest BCUT2D eigenvalue weighted by Crippen LogP contribution is 2.25. The lowest BCUT2D eigenvalue weighted by atomic mass is 10.1. The Bertz CT molecular complexity index is 1090. The van der Waals surface area contributed by atoms with E-state index in [2.05, 4.69) is 5.32 Å². The normalized spacial score (nSPS) is 12.0. The van der Waals surface area contributed by atoms with Crippen molar-refractivity contribution in [1.82, 2.24) is 0 Å². The maximum absolute atomic E-state index is 13.1. The van der Waals surface area contributed by atoms with Gasteiger partial charge in [-0.2, -0.15) is 0 Å². The SMILES string of the molecule is NS(=O)(=O)c1cccc(NC(=O)C(=Cc2ccc(F)cc2)c2cccs2)c1. The second-order valence-electron chi connectivity index (χ2n) is 5.61. The number of amides is 1. The van der Waals surface area contributed by atoms with Gasteiger partial charge in [-0.25, -0.2) is 17.9 Å². The molecule has 0 spiro atoms. The summed E-state index contributed by atoms with van der Waals surface area (Å²) in [4.78, 5) is 13.4. The third-order valence-electron chi connectivity index (χ3n) is 3.63. The Morgan fingerprint density at radius 3 is 2.44 bits per heavy atom. The quantitative estimate of drug-likeness (QED) is 0.638. The summed E-state index contributed by atoms with van der Waals surface area (Å²) in [5.74, 6) is -0.789. The molecule has 1 amide bonds. The van der Waals surface area contributed by atoms with Crippen molar-refractivity contribution < 1.29 is 17.6 Å². The molecule has 1 heterocycles. The molecule has 0 aliphatic heterocycles. The zero-order valence-corrected chi connectivity index (χ0v) is 15.6. The first kappa shape index (κ1) is 19.0.